The number of halogens is 2. The highest BCUT2D eigenvalue weighted by Crippen LogP contribution is 2.19. The van der Waals surface area contributed by atoms with E-state index in [1.807, 2.05) is 56.3 Å². The van der Waals surface area contributed by atoms with Gasteiger partial charge in [0, 0.05) is 24.0 Å². The summed E-state index contributed by atoms with van der Waals surface area (Å²) in [6.45, 7) is 4.17. The van der Waals surface area contributed by atoms with Crippen molar-refractivity contribution >= 4 is 23.4 Å². The maximum Gasteiger partial charge on any atom is 0.243 e. The summed E-state index contributed by atoms with van der Waals surface area (Å²) in [4.78, 5) is 28.6. The number of carbonyl (C=O) groups is 2. The Morgan fingerprint density at radius 2 is 1.62 bits per heavy atom. The maximum atomic E-state index is 13.6. The van der Waals surface area contributed by atoms with Crippen molar-refractivity contribution in [2.75, 3.05) is 0 Å². The summed E-state index contributed by atoms with van der Waals surface area (Å²) in [5.74, 6) is -0.777. The lowest BCUT2D eigenvalue weighted by atomic mass is 10.0. The smallest absolute Gasteiger partial charge is 0.243 e. The first-order valence-electron chi connectivity index (χ1n) is 11.5. The summed E-state index contributed by atoms with van der Waals surface area (Å²) in [5, 5.41) is 3.61. The molecule has 0 fully saturated rings. The molecule has 0 bridgehead atoms. The maximum absolute atomic E-state index is 13.6. The minimum Gasteiger partial charge on any atom is -0.352 e. The van der Waals surface area contributed by atoms with Crippen molar-refractivity contribution in [3.63, 3.8) is 0 Å². The molecular weight excluding hydrogens is 451 g/mol. The number of nitrogens with zero attached hydrogens (tertiary/aromatic N) is 1. The average Bonchev–Trinajstić information content (AvgIpc) is 2.83. The van der Waals surface area contributed by atoms with Crippen LogP contribution < -0.4 is 5.32 Å². The fourth-order valence-electron chi connectivity index (χ4n) is 3.71. The third kappa shape index (κ3) is 7.42. The topological polar surface area (TPSA) is 49.4 Å². The van der Waals surface area contributed by atoms with Gasteiger partial charge in [-0.3, -0.25) is 9.59 Å². The normalized spacial score (nSPS) is 12.6. The number of amides is 2. The zero-order valence-electron chi connectivity index (χ0n) is 19.5. The number of hydrogen-bond acceptors (Lipinski definition) is 2. The molecule has 6 heteroatoms. The van der Waals surface area contributed by atoms with Crippen molar-refractivity contribution in [2.24, 2.45) is 0 Å². The largest absolute Gasteiger partial charge is 0.352 e. The van der Waals surface area contributed by atoms with Crippen LogP contribution in [0.25, 0.3) is 0 Å². The third-order valence-electron chi connectivity index (χ3n) is 5.78. The molecule has 0 aliphatic heterocycles. The lowest BCUT2D eigenvalue weighted by Gasteiger charge is -2.32. The van der Waals surface area contributed by atoms with Gasteiger partial charge in [0.25, 0.3) is 0 Å². The SMILES string of the molecule is CC[C@H](C)NC(=O)[C@@H](Cc1ccccc1)N(Cc1cccc(Cl)c1)C(=O)Cc1ccc(F)cc1. The molecule has 2 atom stereocenters. The molecule has 0 aliphatic rings. The van der Waals surface area contributed by atoms with E-state index >= 15 is 0 Å². The number of nitrogens with one attached hydrogen (secondary N) is 1. The highest BCUT2D eigenvalue weighted by atomic mass is 35.5. The first kappa shape index (κ1) is 25.4. The van der Waals surface area contributed by atoms with Gasteiger partial charge in [0.1, 0.15) is 11.9 Å². The fraction of sp³-hybridized carbons (Fsp3) is 0.286. The second-order valence-corrected chi connectivity index (χ2v) is 8.91. The van der Waals surface area contributed by atoms with Crippen molar-refractivity contribution < 1.29 is 14.0 Å². The van der Waals surface area contributed by atoms with Crippen LogP contribution in [0.2, 0.25) is 5.02 Å². The summed E-state index contributed by atoms with van der Waals surface area (Å²) in [7, 11) is 0. The Morgan fingerprint density at radius 1 is 0.941 bits per heavy atom. The molecule has 0 aromatic heterocycles. The second-order valence-electron chi connectivity index (χ2n) is 8.48. The molecule has 0 saturated heterocycles. The molecule has 34 heavy (non-hydrogen) atoms. The first-order chi connectivity index (χ1) is 16.4. The third-order valence-corrected chi connectivity index (χ3v) is 6.02. The first-order valence-corrected chi connectivity index (χ1v) is 11.9. The molecule has 0 spiro atoms. The Hall–Kier alpha value is -3.18. The van der Waals surface area contributed by atoms with Crippen LogP contribution in [-0.2, 0) is 29.0 Å². The Balaban J connectivity index is 1.96. The van der Waals surface area contributed by atoms with E-state index in [1.165, 1.54) is 12.1 Å². The number of benzene rings is 3. The molecule has 0 unspecified atom stereocenters. The summed E-state index contributed by atoms with van der Waals surface area (Å²) in [6, 6.07) is 22.0. The minimum absolute atomic E-state index is 0.0222. The van der Waals surface area contributed by atoms with Crippen LogP contribution in [0.4, 0.5) is 4.39 Å². The van der Waals surface area contributed by atoms with Crippen molar-refractivity contribution in [3.05, 3.63) is 106 Å². The number of carbonyl (C=O) groups excluding carboxylic acids is 2. The Kier molecular flexibility index (Phi) is 9.23. The predicted octanol–water partition coefficient (Wildman–Crippen LogP) is 5.58. The van der Waals surface area contributed by atoms with Crippen LogP contribution in [0.5, 0.6) is 0 Å². The summed E-state index contributed by atoms with van der Waals surface area (Å²) in [5.41, 5.74) is 2.47. The van der Waals surface area contributed by atoms with Gasteiger partial charge in [-0.2, -0.15) is 0 Å². The zero-order chi connectivity index (χ0) is 24.5. The lowest BCUT2D eigenvalue weighted by Crippen LogP contribution is -2.52. The van der Waals surface area contributed by atoms with Gasteiger partial charge in [-0.05, 0) is 54.3 Å². The molecule has 4 nitrogen and oxygen atoms in total. The molecule has 0 heterocycles. The van der Waals surface area contributed by atoms with Crippen LogP contribution in [0.15, 0.2) is 78.9 Å². The summed E-state index contributed by atoms with van der Waals surface area (Å²) < 4.78 is 13.4. The quantitative estimate of drug-likeness (QED) is 0.412. The molecule has 0 aliphatic carbocycles. The molecular formula is C28H30ClFN2O2. The van der Waals surface area contributed by atoms with E-state index in [0.29, 0.717) is 17.0 Å². The van der Waals surface area contributed by atoms with Crippen molar-refractivity contribution in [1.82, 2.24) is 10.2 Å². The molecule has 1 N–H and O–H groups in total. The van der Waals surface area contributed by atoms with Crippen LogP contribution >= 0.6 is 11.6 Å². The molecule has 0 radical (unpaired) electrons. The van der Waals surface area contributed by atoms with Gasteiger partial charge in [0.05, 0.1) is 6.42 Å². The van der Waals surface area contributed by atoms with E-state index in [-0.39, 0.29) is 36.6 Å². The van der Waals surface area contributed by atoms with E-state index in [2.05, 4.69) is 5.32 Å². The molecule has 3 rings (SSSR count). The van der Waals surface area contributed by atoms with Gasteiger partial charge in [-0.1, -0.05) is 73.1 Å². The van der Waals surface area contributed by atoms with Crippen molar-refractivity contribution in [3.8, 4) is 0 Å². The highest BCUT2D eigenvalue weighted by Gasteiger charge is 2.31. The molecule has 3 aromatic carbocycles. The van der Waals surface area contributed by atoms with Crippen LogP contribution in [0.1, 0.15) is 37.0 Å². The zero-order valence-corrected chi connectivity index (χ0v) is 20.3. The molecule has 178 valence electrons. The number of hydrogen-bond donors (Lipinski definition) is 1. The highest BCUT2D eigenvalue weighted by molar-refractivity contribution is 6.30. The van der Waals surface area contributed by atoms with Gasteiger partial charge in [-0.15, -0.1) is 0 Å². The van der Waals surface area contributed by atoms with E-state index in [1.54, 1.807) is 29.2 Å². The van der Waals surface area contributed by atoms with E-state index in [9.17, 15) is 14.0 Å². The van der Waals surface area contributed by atoms with Gasteiger partial charge in [0.15, 0.2) is 0 Å². The standard InChI is InChI=1S/C28H30ClFN2O2/c1-3-20(2)31-28(34)26(17-21-8-5-4-6-9-21)32(19-23-10-7-11-24(29)16-23)27(33)18-22-12-14-25(30)15-13-22/h4-16,20,26H,3,17-19H2,1-2H3,(H,31,34)/t20-,26+/m0/s1. The fourth-order valence-corrected chi connectivity index (χ4v) is 3.92. The predicted molar refractivity (Wildman–Crippen MR) is 134 cm³/mol. The average molecular weight is 481 g/mol. The van der Waals surface area contributed by atoms with Gasteiger partial charge < -0.3 is 10.2 Å². The van der Waals surface area contributed by atoms with Crippen LogP contribution in [0, 0.1) is 5.82 Å². The lowest BCUT2D eigenvalue weighted by molar-refractivity contribution is -0.141. The summed E-state index contributed by atoms with van der Waals surface area (Å²) >= 11 is 6.19. The second kappa shape index (κ2) is 12.3. The van der Waals surface area contributed by atoms with Gasteiger partial charge in [-0.25, -0.2) is 4.39 Å². The van der Waals surface area contributed by atoms with Gasteiger partial charge in [0.2, 0.25) is 11.8 Å². The Labute approximate surface area is 205 Å². The van der Waals surface area contributed by atoms with Crippen molar-refractivity contribution in [2.45, 2.75) is 51.7 Å². The van der Waals surface area contributed by atoms with E-state index in [0.717, 1.165) is 17.5 Å². The van der Waals surface area contributed by atoms with Crippen LogP contribution in [0.3, 0.4) is 0 Å². The minimum atomic E-state index is -0.719. The van der Waals surface area contributed by atoms with Crippen molar-refractivity contribution in [1.29, 1.82) is 0 Å². The van der Waals surface area contributed by atoms with E-state index < -0.39 is 6.04 Å². The molecule has 0 saturated carbocycles. The van der Waals surface area contributed by atoms with Crippen LogP contribution in [-0.4, -0.2) is 28.8 Å². The van der Waals surface area contributed by atoms with Gasteiger partial charge >= 0.3 is 0 Å². The van der Waals surface area contributed by atoms with E-state index in [4.69, 9.17) is 11.6 Å². The molecule has 2 amide bonds. The monoisotopic (exact) mass is 480 g/mol. The Bertz CT molecular complexity index is 1090. The summed E-state index contributed by atoms with van der Waals surface area (Å²) in [6.07, 6.45) is 1.21. The Morgan fingerprint density at radius 3 is 2.26 bits per heavy atom. The number of rotatable bonds is 10. The molecule has 3 aromatic rings.